The van der Waals surface area contributed by atoms with E-state index >= 15 is 0 Å². The minimum absolute atomic E-state index is 0.0204. The van der Waals surface area contributed by atoms with Crippen LogP contribution in [0.15, 0.2) is 27.4 Å². The van der Waals surface area contributed by atoms with Gasteiger partial charge < -0.3 is 9.94 Å². The van der Waals surface area contributed by atoms with Gasteiger partial charge in [-0.1, -0.05) is 18.1 Å². The highest BCUT2D eigenvalue weighted by atomic mass is 32.2. The van der Waals surface area contributed by atoms with Crippen molar-refractivity contribution in [3.05, 3.63) is 39.7 Å². The van der Waals surface area contributed by atoms with Gasteiger partial charge in [-0.15, -0.1) is 0 Å². The Hall–Kier alpha value is -2.19. The third-order valence-corrected chi connectivity index (χ3v) is 7.58. The number of aliphatic hydroxyl groups excluding tert-OH is 1. The summed E-state index contributed by atoms with van der Waals surface area (Å²) < 4.78 is 27.0. The van der Waals surface area contributed by atoms with E-state index in [2.05, 4.69) is 5.16 Å². The molecule has 1 aliphatic rings. The molecule has 0 amide bonds. The Balaban J connectivity index is 2.59. The Bertz CT molecular complexity index is 1010. The van der Waals surface area contributed by atoms with Crippen molar-refractivity contribution in [2.45, 2.75) is 64.7 Å². The second-order valence-electron chi connectivity index (χ2n) is 7.82. The Morgan fingerprint density at radius 1 is 1.20 bits per heavy atom. The van der Waals surface area contributed by atoms with E-state index in [0.29, 0.717) is 29.9 Å². The summed E-state index contributed by atoms with van der Waals surface area (Å²) in [4.78, 5) is 18.3. The molecular formula is C22H32N2O5S. The van der Waals surface area contributed by atoms with E-state index in [-0.39, 0.29) is 40.8 Å². The average Bonchev–Trinajstić information content (AvgIpc) is 2.62. The monoisotopic (exact) mass is 436 g/mol. The van der Waals surface area contributed by atoms with Crippen LogP contribution in [0, 0.1) is 20.8 Å². The first-order chi connectivity index (χ1) is 14.0. The Labute approximate surface area is 179 Å². The predicted molar refractivity (Wildman–Crippen MR) is 118 cm³/mol. The largest absolute Gasteiger partial charge is 0.511 e. The number of Topliss-reactive ketones (excluding diaryl/α,β-unsaturated/α-hetero) is 1. The SMILES string of the molecule is CCON=C(CC)C1=C(O)CC(c2c(C)cc(C)c(S(=O)(=O)N(C)C)c2C)CC1=O. The predicted octanol–water partition coefficient (Wildman–Crippen LogP) is 3.92. The number of sulfonamides is 1. The van der Waals surface area contributed by atoms with Gasteiger partial charge >= 0.3 is 0 Å². The number of nitrogens with zero attached hydrogens (tertiary/aromatic N) is 2. The summed E-state index contributed by atoms with van der Waals surface area (Å²) in [7, 11) is -0.638. The van der Waals surface area contributed by atoms with E-state index in [9.17, 15) is 18.3 Å². The molecule has 8 heteroatoms. The van der Waals surface area contributed by atoms with Crippen LogP contribution in [0.1, 0.15) is 61.3 Å². The molecule has 0 bridgehead atoms. The zero-order valence-corrected chi connectivity index (χ0v) is 19.7. The second kappa shape index (κ2) is 9.31. The summed E-state index contributed by atoms with van der Waals surface area (Å²) in [5, 5.41) is 14.7. The number of allylic oxidation sites excluding steroid dienone is 2. The smallest absolute Gasteiger partial charge is 0.243 e. The van der Waals surface area contributed by atoms with Gasteiger partial charge in [0.25, 0.3) is 0 Å². The number of oxime groups is 1. The van der Waals surface area contributed by atoms with Crippen LogP contribution in [0.3, 0.4) is 0 Å². The molecule has 30 heavy (non-hydrogen) atoms. The van der Waals surface area contributed by atoms with E-state index < -0.39 is 10.0 Å². The van der Waals surface area contributed by atoms with Gasteiger partial charge in [0, 0.05) is 26.9 Å². The fourth-order valence-corrected chi connectivity index (χ4v) is 5.57. The lowest BCUT2D eigenvalue weighted by Gasteiger charge is -2.28. The molecule has 166 valence electrons. The zero-order valence-electron chi connectivity index (χ0n) is 18.9. The third-order valence-electron chi connectivity index (χ3n) is 5.47. The summed E-state index contributed by atoms with van der Waals surface area (Å²) in [6.45, 7) is 9.49. The van der Waals surface area contributed by atoms with Crippen molar-refractivity contribution in [1.82, 2.24) is 4.31 Å². The number of hydrogen-bond donors (Lipinski definition) is 1. The molecule has 0 aromatic heterocycles. The molecule has 0 saturated heterocycles. The second-order valence-corrected chi connectivity index (χ2v) is 9.91. The molecule has 0 aliphatic heterocycles. The van der Waals surface area contributed by atoms with E-state index in [0.717, 1.165) is 11.1 Å². The summed E-state index contributed by atoms with van der Waals surface area (Å²) >= 11 is 0. The topological polar surface area (TPSA) is 96.3 Å². The number of benzene rings is 1. The third kappa shape index (κ3) is 4.44. The number of ketones is 1. The van der Waals surface area contributed by atoms with Crippen LogP contribution >= 0.6 is 0 Å². The van der Waals surface area contributed by atoms with Gasteiger partial charge in [-0.2, -0.15) is 0 Å². The van der Waals surface area contributed by atoms with Crippen molar-refractivity contribution in [2.24, 2.45) is 5.16 Å². The molecule has 1 aromatic rings. The van der Waals surface area contributed by atoms with Gasteiger partial charge in [-0.3, -0.25) is 4.79 Å². The van der Waals surface area contributed by atoms with E-state index in [1.807, 2.05) is 19.9 Å². The zero-order chi connectivity index (χ0) is 22.8. The first-order valence-corrected chi connectivity index (χ1v) is 11.6. The van der Waals surface area contributed by atoms with E-state index in [1.165, 1.54) is 18.4 Å². The molecule has 0 heterocycles. The van der Waals surface area contributed by atoms with Gasteiger partial charge in [0.15, 0.2) is 5.78 Å². The van der Waals surface area contributed by atoms with Crippen molar-refractivity contribution in [2.75, 3.05) is 20.7 Å². The highest BCUT2D eigenvalue weighted by molar-refractivity contribution is 7.89. The fraction of sp³-hybridized carbons (Fsp3) is 0.545. The highest BCUT2D eigenvalue weighted by Crippen LogP contribution is 2.40. The van der Waals surface area contributed by atoms with Gasteiger partial charge in [0.1, 0.15) is 12.4 Å². The molecule has 1 unspecified atom stereocenters. The number of aliphatic hydroxyl groups is 1. The highest BCUT2D eigenvalue weighted by Gasteiger charge is 2.34. The van der Waals surface area contributed by atoms with Crippen LogP contribution in [0.4, 0.5) is 0 Å². The summed E-state index contributed by atoms with van der Waals surface area (Å²) in [6, 6.07) is 1.84. The lowest BCUT2D eigenvalue weighted by atomic mass is 9.78. The molecule has 0 saturated carbocycles. The molecule has 0 radical (unpaired) electrons. The number of rotatable bonds is 7. The van der Waals surface area contributed by atoms with E-state index in [1.54, 1.807) is 20.8 Å². The van der Waals surface area contributed by atoms with Crippen molar-refractivity contribution in [1.29, 1.82) is 0 Å². The van der Waals surface area contributed by atoms with Gasteiger partial charge in [-0.05, 0) is 62.3 Å². The van der Waals surface area contributed by atoms with Crippen molar-refractivity contribution < 1.29 is 23.2 Å². The minimum Gasteiger partial charge on any atom is -0.511 e. The summed E-state index contributed by atoms with van der Waals surface area (Å²) in [5.41, 5.74) is 3.68. The maximum atomic E-state index is 13.0. The normalized spacial score (nSPS) is 18.3. The molecular weight excluding hydrogens is 404 g/mol. The molecule has 2 rings (SSSR count). The first kappa shape index (κ1) is 24.1. The summed E-state index contributed by atoms with van der Waals surface area (Å²) in [6.07, 6.45) is 0.888. The van der Waals surface area contributed by atoms with Crippen LogP contribution < -0.4 is 0 Å². The van der Waals surface area contributed by atoms with Crippen LogP contribution in [-0.2, 0) is 19.7 Å². The Morgan fingerprint density at radius 2 is 1.83 bits per heavy atom. The number of aryl methyl sites for hydroxylation is 2. The van der Waals surface area contributed by atoms with Crippen LogP contribution in [0.5, 0.6) is 0 Å². The lowest BCUT2D eigenvalue weighted by Crippen LogP contribution is -2.27. The molecule has 1 atom stereocenters. The maximum Gasteiger partial charge on any atom is 0.243 e. The van der Waals surface area contributed by atoms with Crippen molar-refractivity contribution >= 4 is 21.5 Å². The quantitative estimate of drug-likeness (QED) is 0.516. The van der Waals surface area contributed by atoms with Crippen molar-refractivity contribution in [3.8, 4) is 0 Å². The Morgan fingerprint density at radius 3 is 2.33 bits per heavy atom. The molecule has 0 fully saturated rings. The minimum atomic E-state index is -3.64. The molecule has 1 N–H and O–H groups in total. The lowest BCUT2D eigenvalue weighted by molar-refractivity contribution is -0.116. The van der Waals surface area contributed by atoms with E-state index in [4.69, 9.17) is 4.84 Å². The fourth-order valence-electron chi connectivity index (χ4n) is 4.24. The van der Waals surface area contributed by atoms with Gasteiger partial charge in [-0.25, -0.2) is 12.7 Å². The molecule has 1 aliphatic carbocycles. The van der Waals surface area contributed by atoms with Crippen LogP contribution in [0.25, 0.3) is 0 Å². The van der Waals surface area contributed by atoms with Gasteiger partial charge in [0.05, 0.1) is 16.2 Å². The average molecular weight is 437 g/mol. The standard InChI is InChI=1S/C22H32N2O5S/c1-8-17(23-29-9-2)21-18(25)11-16(12-19(21)26)20-13(3)10-14(4)22(15(20)5)30(27,28)24(6)7/h10,16,25H,8-9,11-12H2,1-7H3. The molecule has 7 nitrogen and oxygen atoms in total. The first-order valence-electron chi connectivity index (χ1n) is 10.1. The van der Waals surface area contributed by atoms with Crippen LogP contribution in [0.2, 0.25) is 0 Å². The molecule has 1 aromatic carbocycles. The molecule has 0 spiro atoms. The van der Waals surface area contributed by atoms with Crippen molar-refractivity contribution in [3.63, 3.8) is 0 Å². The number of carbonyl (C=O) groups is 1. The number of carbonyl (C=O) groups excluding carboxylic acids is 1. The number of hydrogen-bond acceptors (Lipinski definition) is 6. The van der Waals surface area contributed by atoms with Crippen LogP contribution in [-0.4, -0.2) is 50.0 Å². The Kier molecular flexibility index (Phi) is 7.47. The maximum absolute atomic E-state index is 13.0. The van der Waals surface area contributed by atoms with Gasteiger partial charge in [0.2, 0.25) is 10.0 Å². The summed E-state index contributed by atoms with van der Waals surface area (Å²) in [5.74, 6) is -0.531.